The number of nitrogens with one attached hydrogen (secondary N) is 2. The Balaban J connectivity index is 1.61. The highest BCUT2D eigenvalue weighted by Gasteiger charge is 2.59. The van der Waals surface area contributed by atoms with Crippen molar-refractivity contribution < 1.29 is 4.74 Å². The summed E-state index contributed by atoms with van der Waals surface area (Å²) in [5, 5.41) is 7.05. The summed E-state index contributed by atoms with van der Waals surface area (Å²) in [5.41, 5.74) is 2.72. The predicted octanol–water partition coefficient (Wildman–Crippen LogP) is 2.30. The van der Waals surface area contributed by atoms with Crippen LogP contribution in [0.3, 0.4) is 0 Å². The van der Waals surface area contributed by atoms with E-state index in [1.165, 1.54) is 11.1 Å². The smallest absolute Gasteiger partial charge is 0.191 e. The number of ether oxygens (including phenoxy) is 1. The predicted molar refractivity (Wildman–Crippen MR) is 97.2 cm³/mol. The fourth-order valence-corrected chi connectivity index (χ4v) is 4.16. The van der Waals surface area contributed by atoms with Gasteiger partial charge in [0.25, 0.3) is 0 Å². The second-order valence-electron chi connectivity index (χ2n) is 7.50. The Hall–Kier alpha value is -1.62. The summed E-state index contributed by atoms with van der Waals surface area (Å²) < 4.78 is 5.88. The van der Waals surface area contributed by atoms with Crippen LogP contribution in [-0.4, -0.2) is 42.8 Å². The van der Waals surface area contributed by atoms with E-state index < -0.39 is 0 Å². The Morgan fingerprint density at radius 2 is 2.29 bits per heavy atom. The molecule has 0 amide bonds. The van der Waals surface area contributed by atoms with Gasteiger partial charge in [0, 0.05) is 49.5 Å². The van der Waals surface area contributed by atoms with E-state index in [1.54, 1.807) is 0 Å². The summed E-state index contributed by atoms with van der Waals surface area (Å²) >= 11 is 0. The third kappa shape index (κ3) is 3.27. The maximum absolute atomic E-state index is 5.88. The second-order valence-corrected chi connectivity index (χ2v) is 7.50. The molecule has 2 heterocycles. The van der Waals surface area contributed by atoms with Crippen LogP contribution in [0.2, 0.25) is 0 Å². The summed E-state index contributed by atoms with van der Waals surface area (Å²) in [4.78, 5) is 8.93. The molecule has 0 spiro atoms. The maximum atomic E-state index is 5.88. The van der Waals surface area contributed by atoms with Crippen LogP contribution in [-0.2, 0) is 11.2 Å². The Labute approximate surface area is 145 Å². The number of fused-ring (bicyclic) bond motifs is 1. The Kier molecular flexibility index (Phi) is 5.09. The molecule has 3 atom stereocenters. The monoisotopic (exact) mass is 330 g/mol. The van der Waals surface area contributed by atoms with Gasteiger partial charge in [-0.25, -0.2) is 0 Å². The average Bonchev–Trinajstić information content (AvgIpc) is 3.01. The summed E-state index contributed by atoms with van der Waals surface area (Å²) in [5.74, 6) is 1.54. The van der Waals surface area contributed by atoms with Crippen LogP contribution >= 0.6 is 0 Å². The lowest BCUT2D eigenvalue weighted by atomic mass is 9.57. The van der Waals surface area contributed by atoms with Gasteiger partial charge in [0.1, 0.15) is 0 Å². The molecule has 2 fully saturated rings. The van der Waals surface area contributed by atoms with Crippen molar-refractivity contribution >= 4 is 5.96 Å². The number of guanidine groups is 1. The van der Waals surface area contributed by atoms with Crippen molar-refractivity contribution in [2.75, 3.05) is 19.7 Å². The van der Waals surface area contributed by atoms with Gasteiger partial charge in [-0.15, -0.1) is 0 Å². The Morgan fingerprint density at radius 1 is 1.46 bits per heavy atom. The molecule has 1 aliphatic heterocycles. The van der Waals surface area contributed by atoms with E-state index in [1.807, 2.05) is 12.4 Å². The molecule has 0 aromatic carbocycles. The molecular weight excluding hydrogens is 300 g/mol. The third-order valence-corrected chi connectivity index (χ3v) is 5.52. The van der Waals surface area contributed by atoms with Gasteiger partial charge in [-0.05, 0) is 43.9 Å². The zero-order valence-electron chi connectivity index (χ0n) is 15.3. The highest BCUT2D eigenvalue weighted by molar-refractivity contribution is 5.80. The Morgan fingerprint density at radius 3 is 3.04 bits per heavy atom. The van der Waals surface area contributed by atoms with Crippen LogP contribution in [0, 0.1) is 18.3 Å². The quantitative estimate of drug-likeness (QED) is 0.642. The first-order valence-electron chi connectivity index (χ1n) is 9.10. The van der Waals surface area contributed by atoms with E-state index >= 15 is 0 Å². The van der Waals surface area contributed by atoms with Crippen LogP contribution in [0.15, 0.2) is 23.5 Å². The number of aromatic nitrogens is 1. The van der Waals surface area contributed by atoms with Crippen molar-refractivity contribution in [1.29, 1.82) is 0 Å². The van der Waals surface area contributed by atoms with Gasteiger partial charge in [0.15, 0.2) is 5.96 Å². The van der Waals surface area contributed by atoms with Gasteiger partial charge < -0.3 is 15.4 Å². The van der Waals surface area contributed by atoms with Crippen molar-refractivity contribution in [1.82, 2.24) is 15.6 Å². The van der Waals surface area contributed by atoms with Crippen molar-refractivity contribution in [3.8, 4) is 0 Å². The minimum absolute atomic E-state index is 0.166. The molecule has 3 unspecified atom stereocenters. The SMILES string of the molecule is CCNC(=NCCc1ccncc1C)NC1C2CCOC2C1(C)C. The Bertz CT molecular complexity index is 599. The minimum atomic E-state index is 0.166. The van der Waals surface area contributed by atoms with Gasteiger partial charge in [-0.1, -0.05) is 13.8 Å². The maximum Gasteiger partial charge on any atom is 0.191 e. The molecular formula is C19H30N4O. The fraction of sp³-hybridized carbons (Fsp3) is 0.684. The van der Waals surface area contributed by atoms with Crippen LogP contribution < -0.4 is 10.6 Å². The molecule has 5 heteroatoms. The lowest BCUT2D eigenvalue weighted by Gasteiger charge is -2.54. The standard InChI is InChI=1S/C19H30N4O/c1-5-21-18(22-10-7-14-6-9-20-12-13(14)2)23-16-15-8-11-24-17(15)19(16,3)4/h6,9,12,15-17H,5,7-8,10-11H2,1-4H3,(H2,21,22,23). The first-order chi connectivity index (χ1) is 11.5. The van der Waals surface area contributed by atoms with E-state index in [2.05, 4.69) is 49.4 Å². The van der Waals surface area contributed by atoms with Gasteiger partial charge in [0.2, 0.25) is 0 Å². The molecule has 24 heavy (non-hydrogen) atoms. The lowest BCUT2D eigenvalue weighted by Crippen LogP contribution is -2.68. The number of aliphatic imine (C=N–C) groups is 1. The third-order valence-electron chi connectivity index (χ3n) is 5.52. The summed E-state index contributed by atoms with van der Waals surface area (Å²) in [7, 11) is 0. The van der Waals surface area contributed by atoms with Gasteiger partial charge in [-0.3, -0.25) is 9.98 Å². The van der Waals surface area contributed by atoms with Crippen molar-refractivity contribution in [3.63, 3.8) is 0 Å². The number of aryl methyl sites for hydroxylation is 1. The molecule has 132 valence electrons. The molecule has 1 saturated carbocycles. The van der Waals surface area contributed by atoms with Gasteiger partial charge in [0.05, 0.1) is 6.10 Å². The van der Waals surface area contributed by atoms with Gasteiger partial charge >= 0.3 is 0 Å². The molecule has 1 aromatic rings. The van der Waals surface area contributed by atoms with Crippen LogP contribution in [0.4, 0.5) is 0 Å². The number of hydrogen-bond acceptors (Lipinski definition) is 3. The van der Waals surface area contributed by atoms with Crippen LogP contribution in [0.1, 0.15) is 38.3 Å². The second kappa shape index (κ2) is 7.09. The molecule has 0 radical (unpaired) electrons. The summed E-state index contributed by atoms with van der Waals surface area (Å²) in [6, 6.07) is 2.52. The topological polar surface area (TPSA) is 58.5 Å². The molecule has 2 N–H and O–H groups in total. The molecule has 1 aliphatic carbocycles. The first-order valence-corrected chi connectivity index (χ1v) is 9.10. The number of nitrogens with zero attached hydrogens (tertiary/aromatic N) is 2. The number of hydrogen-bond donors (Lipinski definition) is 2. The zero-order chi connectivity index (χ0) is 17.2. The van der Waals surface area contributed by atoms with Crippen molar-refractivity contribution in [2.24, 2.45) is 16.3 Å². The molecule has 3 rings (SSSR count). The summed E-state index contributed by atoms with van der Waals surface area (Å²) in [6.07, 6.45) is 6.26. The zero-order valence-corrected chi connectivity index (χ0v) is 15.3. The molecule has 0 bridgehead atoms. The van der Waals surface area contributed by atoms with E-state index in [-0.39, 0.29) is 5.41 Å². The highest BCUT2D eigenvalue weighted by Crippen LogP contribution is 2.52. The number of rotatable bonds is 5. The lowest BCUT2D eigenvalue weighted by molar-refractivity contribution is -0.106. The van der Waals surface area contributed by atoms with Crippen LogP contribution in [0.25, 0.3) is 0 Å². The molecule has 5 nitrogen and oxygen atoms in total. The van der Waals surface area contributed by atoms with Gasteiger partial charge in [-0.2, -0.15) is 0 Å². The number of pyridine rings is 1. The van der Waals surface area contributed by atoms with E-state index in [0.717, 1.165) is 38.5 Å². The minimum Gasteiger partial charge on any atom is -0.377 e. The highest BCUT2D eigenvalue weighted by atomic mass is 16.5. The fourth-order valence-electron chi connectivity index (χ4n) is 4.16. The molecule has 1 aromatic heterocycles. The largest absolute Gasteiger partial charge is 0.377 e. The van der Waals surface area contributed by atoms with E-state index in [0.29, 0.717) is 18.1 Å². The van der Waals surface area contributed by atoms with Crippen LogP contribution in [0.5, 0.6) is 0 Å². The first kappa shape index (κ1) is 17.2. The summed E-state index contributed by atoms with van der Waals surface area (Å²) in [6.45, 7) is 11.3. The van der Waals surface area contributed by atoms with Crippen molar-refractivity contribution in [2.45, 2.75) is 52.7 Å². The van der Waals surface area contributed by atoms with E-state index in [9.17, 15) is 0 Å². The molecule has 1 saturated heterocycles. The normalized spacial score (nSPS) is 28.2. The van der Waals surface area contributed by atoms with E-state index in [4.69, 9.17) is 9.73 Å². The molecule has 2 aliphatic rings. The average molecular weight is 330 g/mol. The van der Waals surface area contributed by atoms with Crippen molar-refractivity contribution in [3.05, 3.63) is 29.6 Å².